The van der Waals surface area contributed by atoms with Crippen LogP contribution in [0.4, 0.5) is 0 Å². The first-order valence-electron chi connectivity index (χ1n) is 10.0. The first-order valence-corrected chi connectivity index (χ1v) is 10.0. The predicted molar refractivity (Wildman–Crippen MR) is 107 cm³/mol. The lowest BCUT2D eigenvalue weighted by molar-refractivity contribution is 0.0658. The van der Waals surface area contributed by atoms with E-state index in [2.05, 4.69) is 29.0 Å². The first-order chi connectivity index (χ1) is 14.1. The van der Waals surface area contributed by atoms with E-state index in [4.69, 9.17) is 9.40 Å². The van der Waals surface area contributed by atoms with E-state index in [9.17, 15) is 4.79 Å². The van der Waals surface area contributed by atoms with Crippen molar-refractivity contribution in [1.82, 2.24) is 29.3 Å². The number of hydrogen-bond acceptors (Lipinski definition) is 6. The lowest BCUT2D eigenvalue weighted by Crippen LogP contribution is -2.44. The fraction of sp³-hybridized carbons (Fsp3) is 0.429. The summed E-state index contributed by atoms with van der Waals surface area (Å²) in [5, 5.41) is 0. The third-order valence-corrected chi connectivity index (χ3v) is 6.01. The molecule has 0 unspecified atom stereocenters. The average Bonchev–Trinajstić information content (AvgIpc) is 3.43. The number of piperidine rings is 1. The lowest BCUT2D eigenvalue weighted by Gasteiger charge is -2.35. The molecule has 29 heavy (non-hydrogen) atoms. The largest absolute Gasteiger partial charge is 0.472 e. The molecule has 150 valence electrons. The number of rotatable bonds is 3. The molecule has 1 amide bonds. The van der Waals surface area contributed by atoms with Gasteiger partial charge in [0.15, 0.2) is 11.5 Å². The van der Waals surface area contributed by atoms with Gasteiger partial charge in [-0.15, -0.1) is 0 Å². The maximum absolute atomic E-state index is 13.3. The second-order valence-corrected chi connectivity index (χ2v) is 7.95. The predicted octanol–water partition coefficient (Wildman–Crippen LogP) is 2.32. The van der Waals surface area contributed by atoms with Gasteiger partial charge in [-0.25, -0.2) is 15.0 Å². The second kappa shape index (κ2) is 7.11. The van der Waals surface area contributed by atoms with Crippen LogP contribution < -0.4 is 0 Å². The third-order valence-electron chi connectivity index (χ3n) is 6.01. The van der Waals surface area contributed by atoms with Crippen molar-refractivity contribution in [3.8, 4) is 22.8 Å². The average molecular weight is 392 g/mol. The molecule has 8 heteroatoms. The van der Waals surface area contributed by atoms with Gasteiger partial charge in [-0.1, -0.05) is 0 Å². The molecule has 0 aliphatic carbocycles. The molecular formula is C21H24N6O2. The van der Waals surface area contributed by atoms with E-state index in [0.29, 0.717) is 17.6 Å². The van der Waals surface area contributed by atoms with E-state index in [-0.39, 0.29) is 5.91 Å². The maximum atomic E-state index is 13.3. The number of aryl methyl sites for hydroxylation is 2. The van der Waals surface area contributed by atoms with Crippen molar-refractivity contribution in [2.75, 3.05) is 27.2 Å². The van der Waals surface area contributed by atoms with Crippen LogP contribution in [0.25, 0.3) is 22.8 Å². The SMILES string of the molecule is CN(C)C1CCN(C(=O)c2ncn3c2-c2nc(-c4ccoc4)ncc2CC3)CC1. The number of carbonyl (C=O) groups is 1. The Labute approximate surface area is 169 Å². The Hall–Kier alpha value is -3.00. The summed E-state index contributed by atoms with van der Waals surface area (Å²) in [6, 6.07) is 2.36. The molecule has 0 aromatic carbocycles. The van der Waals surface area contributed by atoms with Gasteiger partial charge in [0, 0.05) is 37.4 Å². The van der Waals surface area contributed by atoms with Gasteiger partial charge in [0.25, 0.3) is 5.91 Å². The van der Waals surface area contributed by atoms with Crippen molar-refractivity contribution >= 4 is 5.91 Å². The maximum Gasteiger partial charge on any atom is 0.274 e. The van der Waals surface area contributed by atoms with Gasteiger partial charge < -0.3 is 18.8 Å². The summed E-state index contributed by atoms with van der Waals surface area (Å²) in [4.78, 5) is 31.2. The number of imidazole rings is 1. The number of aromatic nitrogens is 4. The monoisotopic (exact) mass is 392 g/mol. The number of furan rings is 1. The van der Waals surface area contributed by atoms with Crippen molar-refractivity contribution in [2.45, 2.75) is 31.8 Å². The van der Waals surface area contributed by atoms with E-state index >= 15 is 0 Å². The van der Waals surface area contributed by atoms with E-state index in [0.717, 1.165) is 61.4 Å². The van der Waals surface area contributed by atoms with Gasteiger partial charge >= 0.3 is 0 Å². The van der Waals surface area contributed by atoms with Gasteiger partial charge in [0.1, 0.15) is 12.0 Å². The molecule has 0 radical (unpaired) electrons. The summed E-state index contributed by atoms with van der Waals surface area (Å²) >= 11 is 0. The van der Waals surface area contributed by atoms with Crippen molar-refractivity contribution in [3.05, 3.63) is 42.4 Å². The molecule has 2 aliphatic rings. The number of carbonyl (C=O) groups excluding carboxylic acids is 1. The summed E-state index contributed by atoms with van der Waals surface area (Å²) in [6.07, 6.45) is 9.65. The van der Waals surface area contributed by atoms with Gasteiger partial charge in [-0.2, -0.15) is 0 Å². The van der Waals surface area contributed by atoms with Crippen LogP contribution in [-0.2, 0) is 13.0 Å². The summed E-state index contributed by atoms with van der Waals surface area (Å²) in [5.74, 6) is 0.588. The van der Waals surface area contributed by atoms with Crippen LogP contribution in [0.15, 0.2) is 35.5 Å². The first kappa shape index (κ1) is 18.1. The molecule has 1 fully saturated rings. The van der Waals surface area contributed by atoms with Crippen LogP contribution in [0.2, 0.25) is 0 Å². The molecule has 2 aliphatic heterocycles. The number of fused-ring (bicyclic) bond motifs is 3. The summed E-state index contributed by atoms with van der Waals surface area (Å²) in [6.45, 7) is 2.29. The highest BCUT2D eigenvalue weighted by atomic mass is 16.3. The van der Waals surface area contributed by atoms with Gasteiger partial charge in [-0.3, -0.25) is 4.79 Å². The fourth-order valence-corrected chi connectivity index (χ4v) is 4.26. The summed E-state index contributed by atoms with van der Waals surface area (Å²) in [7, 11) is 4.20. The molecule has 3 aromatic heterocycles. The van der Waals surface area contributed by atoms with E-state index in [1.54, 1.807) is 18.9 Å². The topological polar surface area (TPSA) is 80.3 Å². The summed E-state index contributed by atoms with van der Waals surface area (Å²) in [5.41, 5.74) is 3.96. The number of likely N-dealkylation sites (tertiary alicyclic amines) is 1. The molecule has 5 heterocycles. The molecule has 8 nitrogen and oxygen atoms in total. The Balaban J connectivity index is 1.48. The van der Waals surface area contributed by atoms with E-state index in [1.807, 2.05) is 21.7 Å². The van der Waals surface area contributed by atoms with Gasteiger partial charge in [-0.05, 0) is 39.4 Å². The van der Waals surface area contributed by atoms with E-state index < -0.39 is 0 Å². The van der Waals surface area contributed by atoms with Crippen molar-refractivity contribution in [1.29, 1.82) is 0 Å². The molecule has 0 saturated carbocycles. The Kier molecular flexibility index (Phi) is 4.43. The third kappa shape index (κ3) is 3.13. The minimum Gasteiger partial charge on any atom is -0.472 e. The molecule has 0 atom stereocenters. The molecule has 0 N–H and O–H groups in total. The minimum absolute atomic E-state index is 0.00715. The highest BCUT2D eigenvalue weighted by molar-refractivity contribution is 5.98. The summed E-state index contributed by atoms with van der Waals surface area (Å²) < 4.78 is 7.21. The Morgan fingerprint density at radius 1 is 1.21 bits per heavy atom. The quantitative estimate of drug-likeness (QED) is 0.681. The second-order valence-electron chi connectivity index (χ2n) is 7.95. The Bertz CT molecular complexity index is 1030. The van der Waals surface area contributed by atoms with Crippen molar-refractivity contribution in [2.24, 2.45) is 0 Å². The standard InChI is InChI=1S/C21H24N6O2/c1-25(2)16-4-8-26(9-5-16)21(28)18-19-17-14(3-7-27(19)13-23-18)11-22-20(24-17)15-6-10-29-12-15/h6,10-13,16H,3-5,7-9H2,1-2H3. The Morgan fingerprint density at radius 3 is 2.76 bits per heavy atom. The fourth-order valence-electron chi connectivity index (χ4n) is 4.26. The molecule has 5 rings (SSSR count). The van der Waals surface area contributed by atoms with Gasteiger partial charge in [0.2, 0.25) is 0 Å². The highest BCUT2D eigenvalue weighted by Gasteiger charge is 2.31. The van der Waals surface area contributed by atoms with E-state index in [1.165, 1.54) is 0 Å². The normalized spacial score (nSPS) is 16.7. The molecule has 0 spiro atoms. The van der Waals surface area contributed by atoms with Crippen LogP contribution in [0, 0.1) is 0 Å². The van der Waals surface area contributed by atoms with Crippen molar-refractivity contribution in [3.63, 3.8) is 0 Å². The molecule has 0 bridgehead atoms. The number of hydrogen-bond donors (Lipinski definition) is 0. The zero-order chi connectivity index (χ0) is 20.0. The minimum atomic E-state index is -0.00715. The van der Waals surface area contributed by atoms with Gasteiger partial charge in [0.05, 0.1) is 23.8 Å². The molecule has 3 aromatic rings. The van der Waals surface area contributed by atoms with Crippen LogP contribution in [0.3, 0.4) is 0 Å². The lowest BCUT2D eigenvalue weighted by atomic mass is 10.0. The van der Waals surface area contributed by atoms with Crippen LogP contribution in [-0.4, -0.2) is 68.5 Å². The smallest absolute Gasteiger partial charge is 0.274 e. The number of nitrogens with zero attached hydrogens (tertiary/aromatic N) is 6. The van der Waals surface area contributed by atoms with Crippen LogP contribution in [0.5, 0.6) is 0 Å². The highest BCUT2D eigenvalue weighted by Crippen LogP contribution is 2.32. The van der Waals surface area contributed by atoms with Crippen LogP contribution >= 0.6 is 0 Å². The molecule has 1 saturated heterocycles. The van der Waals surface area contributed by atoms with Crippen LogP contribution in [0.1, 0.15) is 28.9 Å². The molecular weight excluding hydrogens is 368 g/mol. The Morgan fingerprint density at radius 2 is 2.03 bits per heavy atom. The number of amides is 1. The van der Waals surface area contributed by atoms with Crippen molar-refractivity contribution < 1.29 is 9.21 Å². The zero-order valence-corrected chi connectivity index (χ0v) is 16.7. The zero-order valence-electron chi connectivity index (χ0n) is 16.7.